The first kappa shape index (κ1) is 17.4. The summed E-state index contributed by atoms with van der Waals surface area (Å²) in [5, 5.41) is 3.22. The molecule has 0 amide bonds. The van der Waals surface area contributed by atoms with E-state index in [2.05, 4.69) is 10.3 Å². The zero-order valence-electron chi connectivity index (χ0n) is 13.7. The van der Waals surface area contributed by atoms with E-state index in [-0.39, 0.29) is 11.4 Å². The first-order chi connectivity index (χ1) is 10.9. The number of benzene rings is 1. The molecule has 0 saturated carbocycles. The van der Waals surface area contributed by atoms with Crippen LogP contribution in [0.3, 0.4) is 0 Å². The number of aromatic nitrogens is 1. The van der Waals surface area contributed by atoms with Crippen molar-refractivity contribution in [2.45, 2.75) is 32.2 Å². The number of rotatable bonds is 2. The van der Waals surface area contributed by atoms with E-state index in [0.717, 1.165) is 11.1 Å². The Bertz CT molecular complexity index is 675. The molecule has 0 bridgehead atoms. The topological polar surface area (TPSA) is 70.9 Å². The molecule has 3 rings (SSSR count). The van der Waals surface area contributed by atoms with Crippen molar-refractivity contribution in [2.24, 2.45) is 5.73 Å². The SMILES string of the molecule is C1CCNC1.CC(C)(N)c1cc(-c2ccc(F)cc2)[nH]c(=O)c1. The van der Waals surface area contributed by atoms with Crippen LogP contribution in [-0.2, 0) is 5.54 Å². The van der Waals surface area contributed by atoms with Crippen LogP contribution in [0.5, 0.6) is 0 Å². The highest BCUT2D eigenvalue weighted by molar-refractivity contribution is 5.59. The summed E-state index contributed by atoms with van der Waals surface area (Å²) in [6.45, 7) is 6.16. The standard InChI is InChI=1S/C14H15FN2O.C4H9N/c1-14(2,16)10-7-12(17-13(18)8-10)9-3-5-11(15)6-4-9;1-2-4-5-3-1/h3-8H,16H2,1-2H3,(H,17,18);5H,1-4H2. The Hall–Kier alpha value is -1.98. The van der Waals surface area contributed by atoms with Crippen molar-refractivity contribution < 1.29 is 4.39 Å². The van der Waals surface area contributed by atoms with Crippen LogP contribution < -0.4 is 16.6 Å². The minimum absolute atomic E-state index is 0.217. The van der Waals surface area contributed by atoms with Gasteiger partial charge in [-0.1, -0.05) is 0 Å². The number of hydrogen-bond acceptors (Lipinski definition) is 3. The van der Waals surface area contributed by atoms with Crippen molar-refractivity contribution in [1.82, 2.24) is 10.3 Å². The van der Waals surface area contributed by atoms with Crippen molar-refractivity contribution >= 4 is 0 Å². The second-order valence-electron chi connectivity index (χ2n) is 6.33. The first-order valence-electron chi connectivity index (χ1n) is 7.86. The molecule has 4 N–H and O–H groups in total. The summed E-state index contributed by atoms with van der Waals surface area (Å²) in [5.74, 6) is -0.309. The minimum Gasteiger partial charge on any atom is -0.322 e. The van der Waals surface area contributed by atoms with Crippen molar-refractivity contribution in [2.75, 3.05) is 13.1 Å². The largest absolute Gasteiger partial charge is 0.322 e. The third-order valence-corrected chi connectivity index (χ3v) is 3.70. The Labute approximate surface area is 135 Å². The third-order valence-electron chi connectivity index (χ3n) is 3.70. The van der Waals surface area contributed by atoms with Gasteiger partial charge in [-0.15, -0.1) is 0 Å². The van der Waals surface area contributed by atoms with Crippen LogP contribution >= 0.6 is 0 Å². The number of nitrogens with one attached hydrogen (secondary N) is 2. The maximum Gasteiger partial charge on any atom is 0.248 e. The lowest BCUT2D eigenvalue weighted by Gasteiger charge is -2.19. The van der Waals surface area contributed by atoms with Gasteiger partial charge in [-0.2, -0.15) is 0 Å². The van der Waals surface area contributed by atoms with E-state index in [1.807, 2.05) is 19.9 Å². The van der Waals surface area contributed by atoms with Gasteiger partial charge in [-0.25, -0.2) is 4.39 Å². The molecule has 124 valence electrons. The number of aromatic amines is 1. The third kappa shape index (κ3) is 5.30. The molecule has 4 nitrogen and oxygen atoms in total. The van der Waals surface area contributed by atoms with Gasteiger partial charge in [0.15, 0.2) is 0 Å². The summed E-state index contributed by atoms with van der Waals surface area (Å²) in [5.41, 5.74) is 7.30. The summed E-state index contributed by atoms with van der Waals surface area (Å²) in [6, 6.07) is 9.24. The van der Waals surface area contributed by atoms with Crippen LogP contribution in [0.25, 0.3) is 11.3 Å². The maximum atomic E-state index is 12.9. The van der Waals surface area contributed by atoms with Gasteiger partial charge in [0.2, 0.25) is 5.56 Å². The molecule has 0 spiro atoms. The molecule has 0 aliphatic carbocycles. The molecule has 1 aliphatic heterocycles. The molecule has 5 heteroatoms. The highest BCUT2D eigenvalue weighted by Crippen LogP contribution is 2.21. The van der Waals surface area contributed by atoms with Gasteiger partial charge in [-0.3, -0.25) is 4.79 Å². The fourth-order valence-electron chi connectivity index (χ4n) is 2.33. The molecule has 2 aromatic rings. The summed E-state index contributed by atoms with van der Waals surface area (Å²) < 4.78 is 12.9. The summed E-state index contributed by atoms with van der Waals surface area (Å²) in [7, 11) is 0. The Balaban J connectivity index is 0.000000326. The van der Waals surface area contributed by atoms with Gasteiger partial charge >= 0.3 is 0 Å². The van der Waals surface area contributed by atoms with Crippen LogP contribution in [0.4, 0.5) is 4.39 Å². The van der Waals surface area contributed by atoms with E-state index < -0.39 is 5.54 Å². The molecule has 0 radical (unpaired) electrons. The number of H-pyrrole nitrogens is 1. The van der Waals surface area contributed by atoms with Gasteiger partial charge in [0, 0.05) is 17.3 Å². The van der Waals surface area contributed by atoms with Crippen LogP contribution in [0.2, 0.25) is 0 Å². The average Bonchev–Trinajstić information content (AvgIpc) is 3.06. The number of hydrogen-bond donors (Lipinski definition) is 3. The highest BCUT2D eigenvalue weighted by Gasteiger charge is 2.16. The van der Waals surface area contributed by atoms with E-state index in [1.165, 1.54) is 44.1 Å². The lowest BCUT2D eigenvalue weighted by molar-refractivity contribution is 0.553. The van der Waals surface area contributed by atoms with Gasteiger partial charge < -0.3 is 16.0 Å². The van der Waals surface area contributed by atoms with Crippen LogP contribution in [0, 0.1) is 5.82 Å². The predicted octanol–water partition coefficient (Wildman–Crippen LogP) is 2.74. The van der Waals surface area contributed by atoms with E-state index in [4.69, 9.17) is 5.73 Å². The molecular formula is C18H24FN3O. The second-order valence-corrected chi connectivity index (χ2v) is 6.33. The molecular weight excluding hydrogens is 293 g/mol. The first-order valence-corrected chi connectivity index (χ1v) is 7.86. The summed E-state index contributed by atoms with van der Waals surface area (Å²) >= 11 is 0. The van der Waals surface area contributed by atoms with Crippen LogP contribution in [0.15, 0.2) is 41.2 Å². The van der Waals surface area contributed by atoms with Gasteiger partial charge in [0.25, 0.3) is 0 Å². The Morgan fingerprint density at radius 1 is 1.09 bits per heavy atom. The molecule has 23 heavy (non-hydrogen) atoms. The van der Waals surface area contributed by atoms with Crippen molar-refractivity contribution in [3.63, 3.8) is 0 Å². The summed E-state index contributed by atoms with van der Waals surface area (Å²) in [6.07, 6.45) is 2.78. The lowest BCUT2D eigenvalue weighted by Crippen LogP contribution is -2.30. The van der Waals surface area contributed by atoms with E-state index in [0.29, 0.717) is 5.69 Å². The molecule has 1 fully saturated rings. The monoisotopic (exact) mass is 317 g/mol. The minimum atomic E-state index is -0.594. The van der Waals surface area contributed by atoms with Crippen LogP contribution in [0.1, 0.15) is 32.3 Å². The van der Waals surface area contributed by atoms with Gasteiger partial charge in [-0.05, 0) is 81.2 Å². The van der Waals surface area contributed by atoms with E-state index >= 15 is 0 Å². The van der Waals surface area contributed by atoms with E-state index in [9.17, 15) is 9.18 Å². The second kappa shape index (κ2) is 7.53. The predicted molar refractivity (Wildman–Crippen MR) is 91.8 cm³/mol. The van der Waals surface area contributed by atoms with Crippen molar-refractivity contribution in [1.29, 1.82) is 0 Å². The Kier molecular flexibility index (Phi) is 5.69. The molecule has 1 aromatic heterocycles. The van der Waals surface area contributed by atoms with Gasteiger partial charge in [0.1, 0.15) is 5.82 Å². The molecule has 0 atom stereocenters. The number of nitrogens with two attached hydrogens (primary N) is 1. The molecule has 1 saturated heterocycles. The fourth-order valence-corrected chi connectivity index (χ4v) is 2.33. The average molecular weight is 317 g/mol. The van der Waals surface area contributed by atoms with E-state index in [1.54, 1.807) is 12.1 Å². The number of halogens is 1. The quantitative estimate of drug-likeness (QED) is 0.797. The highest BCUT2D eigenvalue weighted by atomic mass is 19.1. The Morgan fingerprint density at radius 3 is 2.17 bits per heavy atom. The maximum absolute atomic E-state index is 12.9. The van der Waals surface area contributed by atoms with Crippen LogP contribution in [-0.4, -0.2) is 18.1 Å². The fraction of sp³-hybridized carbons (Fsp3) is 0.389. The van der Waals surface area contributed by atoms with Gasteiger partial charge in [0.05, 0.1) is 0 Å². The lowest BCUT2D eigenvalue weighted by atomic mass is 9.95. The normalized spacial score (nSPS) is 14.3. The molecule has 2 heterocycles. The molecule has 1 aliphatic rings. The summed E-state index contributed by atoms with van der Waals surface area (Å²) in [4.78, 5) is 14.3. The zero-order chi connectivity index (χ0) is 16.9. The molecule has 1 aromatic carbocycles. The smallest absolute Gasteiger partial charge is 0.248 e. The van der Waals surface area contributed by atoms with Crippen molar-refractivity contribution in [3.05, 3.63) is 58.1 Å². The Morgan fingerprint density at radius 2 is 1.70 bits per heavy atom. The molecule has 0 unspecified atom stereocenters. The zero-order valence-corrected chi connectivity index (χ0v) is 13.7. The number of pyridine rings is 1. The van der Waals surface area contributed by atoms with Crippen molar-refractivity contribution in [3.8, 4) is 11.3 Å².